The molecular formula is C12H17FN2O. The van der Waals surface area contributed by atoms with E-state index in [-0.39, 0.29) is 0 Å². The van der Waals surface area contributed by atoms with Crippen LogP contribution in [-0.4, -0.2) is 30.1 Å². The molecule has 0 amide bonds. The van der Waals surface area contributed by atoms with Crippen LogP contribution in [0, 0.1) is 5.82 Å². The molecule has 3 N–H and O–H groups in total. The molecule has 88 valence electrons. The van der Waals surface area contributed by atoms with Crippen LogP contribution in [0.1, 0.15) is 18.4 Å². The summed E-state index contributed by atoms with van der Waals surface area (Å²) in [6, 6.07) is 4.50. The summed E-state index contributed by atoms with van der Waals surface area (Å²) in [4.78, 5) is 2.13. The number of anilines is 1. The lowest BCUT2D eigenvalue weighted by Gasteiger charge is -2.37. The maximum absolute atomic E-state index is 13.7. The lowest BCUT2D eigenvalue weighted by Crippen LogP contribution is -2.41. The number of halogens is 1. The van der Waals surface area contributed by atoms with Gasteiger partial charge in [0.2, 0.25) is 0 Å². The van der Waals surface area contributed by atoms with Crippen molar-refractivity contribution in [3.05, 3.63) is 29.6 Å². The van der Waals surface area contributed by atoms with Crippen LogP contribution in [0.5, 0.6) is 0 Å². The van der Waals surface area contributed by atoms with E-state index < -0.39 is 11.4 Å². The van der Waals surface area contributed by atoms with Crippen LogP contribution >= 0.6 is 0 Å². The monoisotopic (exact) mass is 224 g/mol. The highest BCUT2D eigenvalue weighted by atomic mass is 19.1. The van der Waals surface area contributed by atoms with E-state index in [4.69, 9.17) is 5.73 Å². The van der Waals surface area contributed by atoms with Crippen LogP contribution < -0.4 is 5.73 Å². The fraction of sp³-hybridized carbons (Fsp3) is 0.500. The van der Waals surface area contributed by atoms with Crippen LogP contribution in [0.25, 0.3) is 0 Å². The first-order valence-corrected chi connectivity index (χ1v) is 5.48. The highest BCUT2D eigenvalue weighted by Crippen LogP contribution is 2.34. The van der Waals surface area contributed by atoms with Crippen LogP contribution in [0.4, 0.5) is 10.1 Å². The molecular weight excluding hydrogens is 207 g/mol. The van der Waals surface area contributed by atoms with Gasteiger partial charge in [0.05, 0.1) is 5.60 Å². The Morgan fingerprint density at radius 1 is 1.38 bits per heavy atom. The highest BCUT2D eigenvalue weighted by molar-refractivity contribution is 5.42. The molecule has 0 radical (unpaired) electrons. The van der Waals surface area contributed by atoms with Gasteiger partial charge in [0, 0.05) is 24.3 Å². The second-order valence-corrected chi connectivity index (χ2v) is 4.57. The minimum atomic E-state index is -1.04. The van der Waals surface area contributed by atoms with Crippen LogP contribution in [0.15, 0.2) is 18.2 Å². The molecule has 0 saturated carbocycles. The number of nitrogen functional groups attached to an aromatic ring is 1. The molecule has 1 aromatic carbocycles. The molecule has 0 atom stereocenters. The molecule has 0 aliphatic carbocycles. The Balaban J connectivity index is 2.29. The third-order valence-corrected chi connectivity index (χ3v) is 3.31. The minimum Gasteiger partial charge on any atom is -0.399 e. The van der Waals surface area contributed by atoms with Crippen molar-refractivity contribution < 1.29 is 9.50 Å². The summed E-state index contributed by atoms with van der Waals surface area (Å²) in [5.41, 5.74) is 5.21. The molecule has 1 aliphatic rings. The molecule has 1 aromatic rings. The Kier molecular flexibility index (Phi) is 2.86. The van der Waals surface area contributed by atoms with Crippen LogP contribution in [0.2, 0.25) is 0 Å². The van der Waals surface area contributed by atoms with E-state index in [0.717, 1.165) is 13.1 Å². The SMILES string of the molecule is CN1CCC(O)(c2ccc(N)cc2F)CC1. The van der Waals surface area contributed by atoms with Crippen molar-refractivity contribution >= 4 is 5.69 Å². The van der Waals surface area contributed by atoms with Gasteiger partial charge < -0.3 is 15.7 Å². The van der Waals surface area contributed by atoms with E-state index in [1.54, 1.807) is 12.1 Å². The van der Waals surface area contributed by atoms with Crippen molar-refractivity contribution in [3.8, 4) is 0 Å². The summed E-state index contributed by atoms with van der Waals surface area (Å²) in [6.45, 7) is 1.56. The Morgan fingerprint density at radius 2 is 2.00 bits per heavy atom. The van der Waals surface area contributed by atoms with Crippen molar-refractivity contribution in [1.29, 1.82) is 0 Å². The summed E-state index contributed by atoms with van der Waals surface area (Å²) in [5, 5.41) is 10.4. The molecule has 3 nitrogen and oxygen atoms in total. The summed E-state index contributed by atoms with van der Waals surface area (Å²) < 4.78 is 13.7. The maximum atomic E-state index is 13.7. The van der Waals surface area contributed by atoms with Crippen molar-refractivity contribution in [1.82, 2.24) is 4.90 Å². The number of hydrogen-bond donors (Lipinski definition) is 2. The first-order chi connectivity index (χ1) is 7.51. The zero-order valence-electron chi connectivity index (χ0n) is 9.41. The van der Waals surface area contributed by atoms with Gasteiger partial charge >= 0.3 is 0 Å². The predicted octanol–water partition coefficient (Wildman–Crippen LogP) is 1.32. The normalized spacial score (nSPS) is 20.9. The second kappa shape index (κ2) is 4.03. The number of nitrogens with two attached hydrogens (primary N) is 1. The number of benzene rings is 1. The Labute approximate surface area is 94.7 Å². The van der Waals surface area contributed by atoms with Crippen molar-refractivity contribution in [2.45, 2.75) is 18.4 Å². The molecule has 0 spiro atoms. The fourth-order valence-electron chi connectivity index (χ4n) is 2.17. The molecule has 1 aliphatic heterocycles. The number of likely N-dealkylation sites (tertiary alicyclic amines) is 1. The first-order valence-electron chi connectivity index (χ1n) is 5.48. The average Bonchev–Trinajstić information content (AvgIpc) is 2.22. The highest BCUT2D eigenvalue weighted by Gasteiger charge is 2.35. The fourth-order valence-corrected chi connectivity index (χ4v) is 2.17. The lowest BCUT2D eigenvalue weighted by atomic mass is 9.84. The molecule has 0 unspecified atom stereocenters. The smallest absolute Gasteiger partial charge is 0.131 e. The van der Waals surface area contributed by atoms with Crippen molar-refractivity contribution in [2.75, 3.05) is 25.9 Å². The van der Waals surface area contributed by atoms with Crippen LogP contribution in [-0.2, 0) is 5.60 Å². The number of hydrogen-bond acceptors (Lipinski definition) is 3. The molecule has 16 heavy (non-hydrogen) atoms. The zero-order valence-corrected chi connectivity index (χ0v) is 9.41. The Bertz CT molecular complexity index is 387. The Morgan fingerprint density at radius 3 is 2.56 bits per heavy atom. The van der Waals surface area contributed by atoms with Gasteiger partial charge in [0.15, 0.2) is 0 Å². The first kappa shape index (κ1) is 11.4. The van der Waals surface area contributed by atoms with Gasteiger partial charge in [-0.15, -0.1) is 0 Å². The Hall–Kier alpha value is -1.13. The third kappa shape index (κ3) is 2.03. The largest absolute Gasteiger partial charge is 0.399 e. The van der Waals surface area contributed by atoms with Gasteiger partial charge in [0.25, 0.3) is 0 Å². The van der Waals surface area contributed by atoms with Gasteiger partial charge in [0.1, 0.15) is 5.82 Å². The lowest BCUT2D eigenvalue weighted by molar-refractivity contribution is -0.0229. The predicted molar refractivity (Wildman–Crippen MR) is 61.4 cm³/mol. The molecule has 1 saturated heterocycles. The molecule has 4 heteroatoms. The molecule has 0 aromatic heterocycles. The van der Waals surface area contributed by atoms with Gasteiger partial charge in [-0.1, -0.05) is 6.07 Å². The molecule has 0 bridgehead atoms. The molecule has 1 heterocycles. The quantitative estimate of drug-likeness (QED) is 0.707. The zero-order chi connectivity index (χ0) is 11.8. The molecule has 1 fully saturated rings. The number of nitrogens with zero attached hydrogens (tertiary/aromatic N) is 1. The van der Waals surface area contributed by atoms with Crippen molar-refractivity contribution in [2.24, 2.45) is 0 Å². The van der Waals surface area contributed by atoms with E-state index in [2.05, 4.69) is 4.90 Å². The van der Waals surface area contributed by atoms with Gasteiger partial charge in [-0.05, 0) is 32.0 Å². The van der Waals surface area contributed by atoms with Gasteiger partial charge in [-0.2, -0.15) is 0 Å². The third-order valence-electron chi connectivity index (χ3n) is 3.31. The van der Waals surface area contributed by atoms with E-state index in [1.807, 2.05) is 7.05 Å². The minimum absolute atomic E-state index is 0.370. The van der Waals surface area contributed by atoms with Gasteiger partial charge in [-0.25, -0.2) is 4.39 Å². The van der Waals surface area contributed by atoms with E-state index in [1.165, 1.54) is 6.07 Å². The van der Waals surface area contributed by atoms with Crippen LogP contribution in [0.3, 0.4) is 0 Å². The summed E-state index contributed by atoms with van der Waals surface area (Å²) in [7, 11) is 2.00. The van der Waals surface area contributed by atoms with Crippen molar-refractivity contribution in [3.63, 3.8) is 0 Å². The number of aliphatic hydroxyl groups is 1. The van der Waals surface area contributed by atoms with E-state index >= 15 is 0 Å². The molecule has 2 rings (SSSR count). The summed E-state index contributed by atoms with van der Waals surface area (Å²) in [6.07, 6.45) is 1.12. The standard InChI is InChI=1S/C12H17FN2O/c1-15-6-4-12(16,5-7-15)10-3-2-9(14)8-11(10)13/h2-3,8,16H,4-7,14H2,1H3. The number of piperidine rings is 1. The summed E-state index contributed by atoms with van der Waals surface area (Å²) >= 11 is 0. The van der Waals surface area contributed by atoms with E-state index in [9.17, 15) is 9.50 Å². The number of rotatable bonds is 1. The van der Waals surface area contributed by atoms with Gasteiger partial charge in [-0.3, -0.25) is 0 Å². The summed E-state index contributed by atoms with van der Waals surface area (Å²) in [5.74, 6) is -0.410. The van der Waals surface area contributed by atoms with E-state index in [0.29, 0.717) is 24.1 Å². The average molecular weight is 224 g/mol. The topological polar surface area (TPSA) is 49.5 Å². The second-order valence-electron chi connectivity index (χ2n) is 4.57. The maximum Gasteiger partial charge on any atom is 0.131 e.